The maximum atomic E-state index is 10.9. The zero-order valence-electron chi connectivity index (χ0n) is 12.1. The first kappa shape index (κ1) is 14.7. The molecule has 1 aliphatic heterocycles. The zero-order chi connectivity index (χ0) is 14.6. The molecule has 0 radical (unpaired) electrons. The van der Waals surface area contributed by atoms with Gasteiger partial charge < -0.3 is 20.1 Å². The number of nitrogens with one attached hydrogen (secondary N) is 1. The fourth-order valence-corrected chi connectivity index (χ4v) is 2.44. The molecular formula is C15H22N2O3. The first-order valence-corrected chi connectivity index (χ1v) is 6.88. The number of nitrogens with zero attached hydrogens (tertiary/aromatic N) is 1. The summed E-state index contributed by atoms with van der Waals surface area (Å²) >= 11 is 0. The number of carbonyl (C=O) groups is 1. The number of hydrogen-bond donors (Lipinski definition) is 2. The van der Waals surface area contributed by atoms with Crippen molar-refractivity contribution in [1.82, 2.24) is 5.32 Å². The van der Waals surface area contributed by atoms with Crippen LogP contribution in [-0.4, -0.2) is 43.4 Å². The molecule has 2 rings (SSSR count). The minimum atomic E-state index is -0.783. The van der Waals surface area contributed by atoms with E-state index in [1.807, 2.05) is 24.3 Å². The van der Waals surface area contributed by atoms with Gasteiger partial charge in [0.1, 0.15) is 5.75 Å². The lowest BCUT2D eigenvalue weighted by atomic mass is 9.91. The van der Waals surface area contributed by atoms with Crippen LogP contribution in [-0.2, 0) is 4.79 Å². The van der Waals surface area contributed by atoms with Crippen LogP contribution in [0, 0.1) is 0 Å². The van der Waals surface area contributed by atoms with Gasteiger partial charge in [0.2, 0.25) is 5.91 Å². The SMILES string of the molecule is COc1ccc(N2CCC(O)(CNC(C)=O)CC2)cc1. The second-order valence-corrected chi connectivity index (χ2v) is 5.32. The van der Waals surface area contributed by atoms with E-state index < -0.39 is 5.60 Å². The monoisotopic (exact) mass is 278 g/mol. The summed E-state index contributed by atoms with van der Waals surface area (Å²) < 4.78 is 5.15. The van der Waals surface area contributed by atoms with Gasteiger partial charge in [0.05, 0.1) is 12.7 Å². The molecule has 2 N–H and O–H groups in total. The van der Waals surface area contributed by atoms with Crippen LogP contribution in [0.5, 0.6) is 5.75 Å². The number of anilines is 1. The minimum absolute atomic E-state index is 0.101. The Morgan fingerprint density at radius 3 is 2.45 bits per heavy atom. The van der Waals surface area contributed by atoms with Crippen LogP contribution in [0.2, 0.25) is 0 Å². The molecule has 0 saturated carbocycles. The Labute approximate surface area is 119 Å². The molecule has 0 atom stereocenters. The van der Waals surface area contributed by atoms with Crippen molar-refractivity contribution in [1.29, 1.82) is 0 Å². The molecule has 0 unspecified atom stereocenters. The molecule has 1 heterocycles. The third-order valence-corrected chi connectivity index (χ3v) is 3.80. The Bertz CT molecular complexity index is 451. The Hall–Kier alpha value is -1.75. The molecule has 1 aromatic rings. The number of benzene rings is 1. The first-order valence-electron chi connectivity index (χ1n) is 6.88. The van der Waals surface area contributed by atoms with E-state index >= 15 is 0 Å². The number of carbonyl (C=O) groups excluding carboxylic acids is 1. The van der Waals surface area contributed by atoms with Gasteiger partial charge in [0.15, 0.2) is 0 Å². The van der Waals surface area contributed by atoms with Crippen LogP contribution in [0.1, 0.15) is 19.8 Å². The molecule has 0 aromatic heterocycles. The van der Waals surface area contributed by atoms with Crippen molar-refractivity contribution in [3.63, 3.8) is 0 Å². The van der Waals surface area contributed by atoms with Gasteiger partial charge in [0.25, 0.3) is 0 Å². The lowest BCUT2D eigenvalue weighted by Gasteiger charge is -2.39. The van der Waals surface area contributed by atoms with Crippen LogP contribution in [0.15, 0.2) is 24.3 Å². The molecule has 0 bridgehead atoms. The van der Waals surface area contributed by atoms with Gasteiger partial charge in [-0.05, 0) is 37.1 Å². The Kier molecular flexibility index (Phi) is 4.49. The number of methoxy groups -OCH3 is 1. The molecule has 1 fully saturated rings. The average Bonchev–Trinajstić information content (AvgIpc) is 2.46. The smallest absolute Gasteiger partial charge is 0.216 e. The molecule has 1 amide bonds. The highest BCUT2D eigenvalue weighted by molar-refractivity contribution is 5.72. The van der Waals surface area contributed by atoms with Crippen LogP contribution < -0.4 is 15.0 Å². The van der Waals surface area contributed by atoms with Crippen LogP contribution in [0.4, 0.5) is 5.69 Å². The topological polar surface area (TPSA) is 61.8 Å². The second kappa shape index (κ2) is 6.13. The van der Waals surface area contributed by atoms with Gasteiger partial charge in [-0.25, -0.2) is 0 Å². The normalized spacial score (nSPS) is 17.6. The Morgan fingerprint density at radius 1 is 1.35 bits per heavy atom. The van der Waals surface area contributed by atoms with E-state index in [2.05, 4.69) is 10.2 Å². The predicted molar refractivity (Wildman–Crippen MR) is 78.1 cm³/mol. The molecular weight excluding hydrogens is 256 g/mol. The molecule has 20 heavy (non-hydrogen) atoms. The van der Waals surface area contributed by atoms with Gasteiger partial charge in [-0.2, -0.15) is 0 Å². The summed E-state index contributed by atoms with van der Waals surface area (Å²) in [4.78, 5) is 13.2. The van der Waals surface area contributed by atoms with Crippen LogP contribution in [0.25, 0.3) is 0 Å². The van der Waals surface area contributed by atoms with Gasteiger partial charge >= 0.3 is 0 Å². The first-order chi connectivity index (χ1) is 9.52. The molecule has 0 spiro atoms. The fourth-order valence-electron chi connectivity index (χ4n) is 2.44. The van der Waals surface area contributed by atoms with Crippen molar-refractivity contribution in [2.24, 2.45) is 0 Å². The maximum Gasteiger partial charge on any atom is 0.216 e. The van der Waals surface area contributed by atoms with Crippen molar-refractivity contribution in [2.75, 3.05) is 31.6 Å². The Morgan fingerprint density at radius 2 is 1.95 bits per heavy atom. The van der Waals surface area contributed by atoms with Crippen molar-refractivity contribution < 1.29 is 14.6 Å². The molecule has 5 nitrogen and oxygen atoms in total. The highest BCUT2D eigenvalue weighted by Gasteiger charge is 2.32. The van der Waals surface area contributed by atoms with E-state index in [0.717, 1.165) is 24.5 Å². The van der Waals surface area contributed by atoms with Crippen molar-refractivity contribution in [3.8, 4) is 5.75 Å². The maximum absolute atomic E-state index is 10.9. The molecule has 110 valence electrons. The zero-order valence-corrected chi connectivity index (χ0v) is 12.1. The van der Waals surface area contributed by atoms with Gasteiger partial charge in [0, 0.05) is 32.2 Å². The van der Waals surface area contributed by atoms with E-state index in [-0.39, 0.29) is 5.91 Å². The lowest BCUT2D eigenvalue weighted by Crippen LogP contribution is -2.50. The van der Waals surface area contributed by atoms with Crippen LogP contribution in [0.3, 0.4) is 0 Å². The number of piperidine rings is 1. The summed E-state index contributed by atoms with van der Waals surface area (Å²) in [5.74, 6) is 0.740. The average molecular weight is 278 g/mol. The number of amides is 1. The minimum Gasteiger partial charge on any atom is -0.497 e. The molecule has 1 aromatic carbocycles. The fraction of sp³-hybridized carbons (Fsp3) is 0.533. The highest BCUT2D eigenvalue weighted by Crippen LogP contribution is 2.27. The largest absolute Gasteiger partial charge is 0.497 e. The summed E-state index contributed by atoms with van der Waals surface area (Å²) in [6, 6.07) is 7.93. The van der Waals surface area contributed by atoms with E-state index in [9.17, 15) is 9.90 Å². The Balaban J connectivity index is 1.91. The number of rotatable bonds is 4. The third kappa shape index (κ3) is 3.63. The van der Waals surface area contributed by atoms with Crippen LogP contribution >= 0.6 is 0 Å². The van der Waals surface area contributed by atoms with Gasteiger partial charge in [-0.3, -0.25) is 4.79 Å². The third-order valence-electron chi connectivity index (χ3n) is 3.80. The van der Waals surface area contributed by atoms with Gasteiger partial charge in [-0.15, -0.1) is 0 Å². The lowest BCUT2D eigenvalue weighted by molar-refractivity contribution is -0.120. The molecule has 5 heteroatoms. The highest BCUT2D eigenvalue weighted by atomic mass is 16.5. The van der Waals surface area contributed by atoms with Gasteiger partial charge in [-0.1, -0.05) is 0 Å². The quantitative estimate of drug-likeness (QED) is 0.867. The second-order valence-electron chi connectivity index (χ2n) is 5.32. The van der Waals surface area contributed by atoms with E-state index in [1.54, 1.807) is 7.11 Å². The standard InChI is InChI=1S/C15H22N2O3/c1-12(18)16-11-15(19)7-9-17(10-8-15)13-3-5-14(20-2)6-4-13/h3-6,19H,7-11H2,1-2H3,(H,16,18). The summed E-state index contributed by atoms with van der Waals surface area (Å²) in [6.45, 7) is 3.36. The van der Waals surface area contributed by atoms with E-state index in [4.69, 9.17) is 4.74 Å². The number of ether oxygens (including phenoxy) is 1. The van der Waals surface area contributed by atoms with Crippen molar-refractivity contribution in [2.45, 2.75) is 25.4 Å². The van der Waals surface area contributed by atoms with Crippen molar-refractivity contribution >= 4 is 11.6 Å². The van der Waals surface area contributed by atoms with Crippen molar-refractivity contribution in [3.05, 3.63) is 24.3 Å². The molecule has 1 saturated heterocycles. The predicted octanol–water partition coefficient (Wildman–Crippen LogP) is 1.16. The summed E-state index contributed by atoms with van der Waals surface area (Å²) in [5, 5.41) is 13.1. The number of hydrogen-bond acceptors (Lipinski definition) is 4. The summed E-state index contributed by atoms with van der Waals surface area (Å²) in [5.41, 5.74) is 0.349. The summed E-state index contributed by atoms with van der Waals surface area (Å²) in [6.07, 6.45) is 1.30. The number of aliphatic hydroxyl groups is 1. The summed E-state index contributed by atoms with van der Waals surface area (Å²) in [7, 11) is 1.65. The molecule has 1 aliphatic rings. The van der Waals surface area contributed by atoms with E-state index in [0.29, 0.717) is 19.4 Å². The van der Waals surface area contributed by atoms with E-state index in [1.165, 1.54) is 6.92 Å². The molecule has 0 aliphatic carbocycles.